The van der Waals surface area contributed by atoms with Crippen LogP contribution in [0, 0.1) is 0 Å². The van der Waals surface area contributed by atoms with Gasteiger partial charge in [0.25, 0.3) is 0 Å². The van der Waals surface area contributed by atoms with Gasteiger partial charge in [0.1, 0.15) is 0 Å². The normalized spacial score (nSPS) is 14.2. The molecule has 0 radical (unpaired) electrons. The number of pyridine rings is 2. The van der Waals surface area contributed by atoms with Crippen LogP contribution in [0.1, 0.15) is 52.7 Å². The standard InChI is InChI=1S/C42H38N2Si/c1-41(2,3)29-15-19-33-31-17-13-27(35-11-7-9-21-43-35)23-37(31)45(39(33)25-29)38-24-28(36-12-8-10-22-44-36)14-18-32(38)34-20-16-30(26-40(34)45)42(4,5)6/h7-26H,1-6H3. The number of aromatic nitrogens is 2. The van der Waals surface area contributed by atoms with Crippen molar-refractivity contribution < 1.29 is 0 Å². The highest BCUT2D eigenvalue weighted by atomic mass is 28.3. The van der Waals surface area contributed by atoms with E-state index in [-0.39, 0.29) is 10.8 Å². The molecule has 1 spiro atoms. The number of rotatable bonds is 2. The van der Waals surface area contributed by atoms with Crippen molar-refractivity contribution in [3.05, 3.63) is 133 Å². The third-order valence-corrected chi connectivity index (χ3v) is 14.8. The summed E-state index contributed by atoms with van der Waals surface area (Å²) in [5.41, 5.74) is 12.7. The molecule has 8 rings (SSSR count). The molecule has 3 heteroatoms. The Hall–Kier alpha value is -4.60. The highest BCUT2D eigenvalue weighted by Gasteiger charge is 2.54. The van der Waals surface area contributed by atoms with Crippen molar-refractivity contribution in [2.75, 3.05) is 0 Å². The summed E-state index contributed by atoms with van der Waals surface area (Å²) >= 11 is 0. The molecular formula is C42H38N2Si. The lowest BCUT2D eigenvalue weighted by Crippen LogP contribution is -2.71. The second-order valence-corrected chi connectivity index (χ2v) is 18.4. The summed E-state index contributed by atoms with van der Waals surface area (Å²) in [7, 11) is -2.76. The van der Waals surface area contributed by atoms with E-state index >= 15 is 0 Å². The van der Waals surface area contributed by atoms with E-state index < -0.39 is 8.07 Å². The van der Waals surface area contributed by atoms with Gasteiger partial charge < -0.3 is 0 Å². The molecule has 0 saturated heterocycles. The van der Waals surface area contributed by atoms with E-state index in [1.165, 1.54) is 65.3 Å². The summed E-state index contributed by atoms with van der Waals surface area (Å²) in [5.74, 6) is 0. The van der Waals surface area contributed by atoms with Gasteiger partial charge in [-0.15, -0.1) is 0 Å². The predicted molar refractivity (Wildman–Crippen MR) is 192 cm³/mol. The zero-order valence-electron chi connectivity index (χ0n) is 26.9. The second-order valence-electron chi connectivity index (χ2n) is 14.7. The summed E-state index contributed by atoms with van der Waals surface area (Å²) < 4.78 is 0. The minimum atomic E-state index is -2.76. The molecule has 0 unspecified atom stereocenters. The third kappa shape index (κ3) is 4.14. The minimum absolute atomic E-state index is 0.0336. The van der Waals surface area contributed by atoms with Gasteiger partial charge in [-0.05, 0) is 89.2 Å². The van der Waals surface area contributed by atoms with Crippen molar-refractivity contribution in [1.82, 2.24) is 9.97 Å². The van der Waals surface area contributed by atoms with Crippen LogP contribution in [-0.2, 0) is 10.8 Å². The summed E-state index contributed by atoms with van der Waals surface area (Å²) in [6.07, 6.45) is 3.80. The first kappa shape index (κ1) is 27.9. The lowest BCUT2D eigenvalue weighted by molar-refractivity contribution is 0.590. The van der Waals surface area contributed by atoms with Crippen LogP contribution in [0.25, 0.3) is 44.8 Å². The van der Waals surface area contributed by atoms with E-state index in [0.717, 1.165) is 11.4 Å². The van der Waals surface area contributed by atoms with Crippen molar-refractivity contribution in [3.8, 4) is 44.8 Å². The van der Waals surface area contributed by atoms with E-state index in [1.54, 1.807) is 0 Å². The van der Waals surface area contributed by atoms with Crippen LogP contribution in [0.15, 0.2) is 122 Å². The maximum atomic E-state index is 4.78. The zero-order valence-corrected chi connectivity index (χ0v) is 27.9. The van der Waals surface area contributed by atoms with Gasteiger partial charge in [-0.2, -0.15) is 0 Å². The Labute approximate surface area is 267 Å². The Morgan fingerprint density at radius 3 is 1.16 bits per heavy atom. The van der Waals surface area contributed by atoms with Crippen LogP contribution in [0.5, 0.6) is 0 Å². The molecule has 2 aliphatic rings. The van der Waals surface area contributed by atoms with Crippen LogP contribution >= 0.6 is 0 Å². The van der Waals surface area contributed by atoms with Gasteiger partial charge in [-0.1, -0.05) is 126 Å². The molecule has 0 fully saturated rings. The van der Waals surface area contributed by atoms with Gasteiger partial charge in [0.15, 0.2) is 8.07 Å². The van der Waals surface area contributed by atoms with Crippen LogP contribution in [0.4, 0.5) is 0 Å². The molecule has 220 valence electrons. The highest BCUT2D eigenvalue weighted by molar-refractivity contribution is 7.24. The Balaban J connectivity index is 1.53. The molecule has 6 aromatic rings. The van der Waals surface area contributed by atoms with E-state index in [1.807, 2.05) is 24.5 Å². The molecule has 0 saturated carbocycles. The van der Waals surface area contributed by atoms with Crippen LogP contribution in [0.2, 0.25) is 0 Å². The van der Waals surface area contributed by atoms with E-state index in [4.69, 9.17) is 9.97 Å². The number of hydrogen-bond donors (Lipinski definition) is 0. The molecule has 0 bridgehead atoms. The first-order valence-corrected chi connectivity index (χ1v) is 18.0. The number of nitrogens with zero attached hydrogens (tertiary/aromatic N) is 2. The third-order valence-electron chi connectivity index (χ3n) is 9.93. The van der Waals surface area contributed by atoms with Crippen LogP contribution in [-0.4, -0.2) is 18.0 Å². The van der Waals surface area contributed by atoms with Gasteiger partial charge >= 0.3 is 0 Å². The van der Waals surface area contributed by atoms with Gasteiger partial charge in [0.2, 0.25) is 0 Å². The fraction of sp³-hybridized carbons (Fsp3) is 0.190. The summed E-state index contributed by atoms with van der Waals surface area (Å²) in [6.45, 7) is 14.0. The van der Waals surface area contributed by atoms with E-state index in [0.29, 0.717) is 0 Å². The first-order valence-electron chi connectivity index (χ1n) is 16.0. The largest absolute Gasteiger partial charge is 0.256 e. The monoisotopic (exact) mass is 598 g/mol. The fourth-order valence-corrected chi connectivity index (χ4v) is 13.3. The molecule has 0 atom stereocenters. The Morgan fingerprint density at radius 1 is 0.422 bits per heavy atom. The topological polar surface area (TPSA) is 25.8 Å². The first-order chi connectivity index (χ1) is 21.6. The Bertz CT molecular complexity index is 1960. The van der Waals surface area contributed by atoms with E-state index in [2.05, 4.69) is 139 Å². The molecule has 0 N–H and O–H groups in total. The number of fused-ring (bicyclic) bond motifs is 10. The molecule has 45 heavy (non-hydrogen) atoms. The van der Waals surface area contributed by atoms with Crippen molar-refractivity contribution in [3.63, 3.8) is 0 Å². The van der Waals surface area contributed by atoms with Crippen molar-refractivity contribution >= 4 is 28.8 Å². The average Bonchev–Trinajstić information content (AvgIpc) is 3.50. The smallest absolute Gasteiger partial charge is 0.182 e. The van der Waals surface area contributed by atoms with Crippen molar-refractivity contribution in [2.24, 2.45) is 0 Å². The maximum absolute atomic E-state index is 4.78. The molecule has 2 nitrogen and oxygen atoms in total. The second kappa shape index (κ2) is 9.70. The van der Waals surface area contributed by atoms with Gasteiger partial charge in [0.05, 0.1) is 11.4 Å². The summed E-state index contributed by atoms with van der Waals surface area (Å²) in [5, 5.41) is 5.95. The summed E-state index contributed by atoms with van der Waals surface area (Å²) in [4.78, 5) is 9.56. The lowest BCUT2D eigenvalue weighted by atomic mass is 9.86. The van der Waals surface area contributed by atoms with Crippen LogP contribution in [0.3, 0.4) is 0 Å². The SMILES string of the molecule is CC(C)(C)c1ccc2c(c1)[Si]1(c3cc(-c4ccccn4)ccc3-2)c2cc(-c3ccccn3)ccc2-c2ccc(C(C)(C)C)cc21. The predicted octanol–water partition coefficient (Wildman–Crippen LogP) is 7.74. The Morgan fingerprint density at radius 2 is 0.800 bits per heavy atom. The molecule has 0 aliphatic carbocycles. The molecule has 2 aromatic heterocycles. The summed E-state index contributed by atoms with van der Waals surface area (Å²) in [6, 6.07) is 41.3. The molecular weight excluding hydrogens is 561 g/mol. The minimum Gasteiger partial charge on any atom is -0.256 e. The lowest BCUT2D eigenvalue weighted by Gasteiger charge is -2.31. The number of benzene rings is 4. The fourth-order valence-electron chi connectivity index (χ4n) is 7.55. The van der Waals surface area contributed by atoms with E-state index in [9.17, 15) is 0 Å². The van der Waals surface area contributed by atoms with Crippen molar-refractivity contribution in [1.29, 1.82) is 0 Å². The van der Waals surface area contributed by atoms with Crippen LogP contribution < -0.4 is 20.7 Å². The van der Waals surface area contributed by atoms with Gasteiger partial charge in [0, 0.05) is 23.5 Å². The maximum Gasteiger partial charge on any atom is 0.182 e. The molecule has 4 aromatic carbocycles. The van der Waals surface area contributed by atoms with Crippen molar-refractivity contribution in [2.45, 2.75) is 52.4 Å². The highest BCUT2D eigenvalue weighted by Crippen LogP contribution is 2.40. The average molecular weight is 599 g/mol. The zero-order chi connectivity index (χ0) is 31.1. The molecule has 2 aliphatic heterocycles. The Kier molecular flexibility index (Phi) is 6.01. The molecule has 0 amide bonds. The van der Waals surface area contributed by atoms with Gasteiger partial charge in [-0.3, -0.25) is 9.97 Å². The van der Waals surface area contributed by atoms with Gasteiger partial charge in [-0.25, -0.2) is 0 Å². The quantitative estimate of drug-likeness (QED) is 0.190. The number of hydrogen-bond acceptors (Lipinski definition) is 2. The molecule has 4 heterocycles.